The number of nitrogens with zero attached hydrogens (tertiary/aromatic N) is 3. The molecule has 1 heterocycles. The van der Waals surface area contributed by atoms with Crippen molar-refractivity contribution in [3.63, 3.8) is 0 Å². The van der Waals surface area contributed by atoms with E-state index in [0.717, 1.165) is 23.9 Å². The van der Waals surface area contributed by atoms with E-state index in [2.05, 4.69) is 25.3 Å². The highest BCUT2D eigenvalue weighted by Crippen LogP contribution is 2.42. The quantitative estimate of drug-likeness (QED) is 0.209. The summed E-state index contributed by atoms with van der Waals surface area (Å²) in [6.45, 7) is 0.0971. The van der Waals surface area contributed by atoms with Gasteiger partial charge in [0.05, 0.1) is 11.3 Å². The summed E-state index contributed by atoms with van der Waals surface area (Å²) in [5, 5.41) is 15.1. The van der Waals surface area contributed by atoms with Crippen molar-refractivity contribution in [1.82, 2.24) is 15.6 Å². The smallest absolute Gasteiger partial charge is 0.266 e. The summed E-state index contributed by atoms with van der Waals surface area (Å²) >= 11 is 1.08. The average Bonchev–Trinajstić information content (AvgIpc) is 3.39. The number of primary sulfonamides is 1. The van der Waals surface area contributed by atoms with E-state index in [4.69, 9.17) is 10.9 Å². The number of hydrogen-bond donors (Lipinski definition) is 3. The van der Waals surface area contributed by atoms with Gasteiger partial charge in [-0.1, -0.05) is 11.8 Å². The van der Waals surface area contributed by atoms with Crippen LogP contribution >= 0.6 is 11.8 Å². The Balaban J connectivity index is 1.61. The number of nitrogens with two attached hydrogens (primary N) is 2. The van der Waals surface area contributed by atoms with Crippen LogP contribution < -0.4 is 16.2 Å². The number of amides is 1. The highest BCUT2D eigenvalue weighted by atomic mass is 32.2. The van der Waals surface area contributed by atoms with E-state index in [9.17, 15) is 26.4 Å². The highest BCUT2D eigenvalue weighted by Gasteiger charge is 2.59. The molecule has 1 aromatic heterocycles. The molecule has 1 aliphatic rings. The molecule has 1 amide bonds. The number of carbonyl (C=O) groups is 1. The van der Waals surface area contributed by atoms with Gasteiger partial charge in [-0.3, -0.25) is 4.79 Å². The molecule has 1 aliphatic carbocycles. The lowest BCUT2D eigenvalue weighted by atomic mass is 10.2. The zero-order valence-electron chi connectivity index (χ0n) is 15.7. The summed E-state index contributed by atoms with van der Waals surface area (Å²) in [5.41, 5.74) is 5.04. The molecule has 0 bridgehead atoms. The molecule has 15 heteroatoms. The standard InChI is InChI=1S/C16H17F3N6O4S2/c17-10-2-1-8(7-9(10)12(18)19)23-13(20)11-14(25-29-24-11)30-6-5-22-15(26)16(3-4-16)31(21,27)28/h1-2,7,12H,3-6H2,(H2,20,23)(H,22,26)(H2,21,27,28). The molecule has 3 rings (SSSR count). The summed E-state index contributed by atoms with van der Waals surface area (Å²) in [6.07, 6.45) is -2.67. The van der Waals surface area contributed by atoms with Crippen LogP contribution in [0.15, 0.2) is 32.8 Å². The van der Waals surface area contributed by atoms with Crippen LogP contribution in [-0.2, 0) is 14.8 Å². The van der Waals surface area contributed by atoms with E-state index < -0.39 is 38.5 Å². The van der Waals surface area contributed by atoms with Crippen molar-refractivity contribution in [3.8, 4) is 0 Å². The molecule has 5 N–H and O–H groups in total. The van der Waals surface area contributed by atoms with E-state index in [1.807, 2.05) is 0 Å². The van der Waals surface area contributed by atoms with Crippen molar-refractivity contribution < 1.29 is 31.0 Å². The number of aromatic nitrogens is 2. The van der Waals surface area contributed by atoms with Crippen molar-refractivity contribution in [2.75, 3.05) is 12.3 Å². The van der Waals surface area contributed by atoms with Crippen LogP contribution in [0.25, 0.3) is 0 Å². The molecule has 10 nitrogen and oxygen atoms in total. The zero-order valence-corrected chi connectivity index (χ0v) is 17.4. The number of sulfonamides is 1. The lowest BCUT2D eigenvalue weighted by Crippen LogP contribution is -2.45. The van der Waals surface area contributed by atoms with Gasteiger partial charge in [-0.05, 0) is 41.4 Å². The summed E-state index contributed by atoms with van der Waals surface area (Å²) in [4.78, 5) is 16.0. The lowest BCUT2D eigenvalue weighted by molar-refractivity contribution is -0.121. The molecule has 0 aliphatic heterocycles. The summed E-state index contributed by atoms with van der Waals surface area (Å²) in [5.74, 6) is -1.68. The van der Waals surface area contributed by atoms with Crippen LogP contribution in [0.5, 0.6) is 0 Å². The molecule has 0 unspecified atom stereocenters. The van der Waals surface area contributed by atoms with Gasteiger partial charge in [0.15, 0.2) is 21.3 Å². The second kappa shape index (κ2) is 8.84. The van der Waals surface area contributed by atoms with Crippen LogP contribution in [0.1, 0.15) is 30.5 Å². The number of hydrogen-bond acceptors (Lipinski definition) is 8. The van der Waals surface area contributed by atoms with Crippen molar-refractivity contribution in [3.05, 3.63) is 35.3 Å². The van der Waals surface area contributed by atoms with Gasteiger partial charge in [0.25, 0.3) is 6.43 Å². The summed E-state index contributed by atoms with van der Waals surface area (Å²) in [7, 11) is -3.99. The molecule has 0 saturated heterocycles. The third-order valence-electron chi connectivity index (χ3n) is 4.45. The number of halogens is 3. The number of benzene rings is 1. The van der Waals surface area contributed by atoms with E-state index in [-0.39, 0.29) is 47.4 Å². The van der Waals surface area contributed by atoms with Gasteiger partial charge in [0.1, 0.15) is 5.82 Å². The van der Waals surface area contributed by atoms with Crippen LogP contribution in [-0.4, -0.2) is 47.5 Å². The minimum atomic E-state index is -3.99. The Morgan fingerprint density at radius 2 is 2.06 bits per heavy atom. The fourth-order valence-corrected chi connectivity index (χ4v) is 4.38. The Hall–Kier alpha value is -2.65. The predicted octanol–water partition coefficient (Wildman–Crippen LogP) is 1.21. The summed E-state index contributed by atoms with van der Waals surface area (Å²) in [6, 6.07) is 2.88. The Bertz CT molecular complexity index is 1120. The first kappa shape index (κ1) is 23.0. The van der Waals surface area contributed by atoms with Crippen molar-refractivity contribution >= 4 is 39.2 Å². The molecule has 0 atom stereocenters. The van der Waals surface area contributed by atoms with E-state index in [1.165, 1.54) is 6.07 Å². The third kappa shape index (κ3) is 4.99. The first-order valence-electron chi connectivity index (χ1n) is 8.73. The van der Waals surface area contributed by atoms with Gasteiger partial charge in [0, 0.05) is 12.3 Å². The summed E-state index contributed by atoms with van der Waals surface area (Å²) < 4.78 is 65.1. The monoisotopic (exact) mass is 478 g/mol. The predicted molar refractivity (Wildman–Crippen MR) is 105 cm³/mol. The molecule has 0 spiro atoms. The van der Waals surface area contributed by atoms with Crippen LogP contribution in [0.3, 0.4) is 0 Å². The number of thioether (sulfide) groups is 1. The van der Waals surface area contributed by atoms with Crippen LogP contribution in [0.4, 0.5) is 18.9 Å². The van der Waals surface area contributed by atoms with Crippen LogP contribution in [0, 0.1) is 5.82 Å². The second-order valence-electron chi connectivity index (χ2n) is 6.57. The highest BCUT2D eigenvalue weighted by molar-refractivity contribution is 7.99. The Morgan fingerprint density at radius 1 is 1.35 bits per heavy atom. The normalized spacial score (nSPS) is 15.8. The maximum absolute atomic E-state index is 13.4. The fourth-order valence-electron chi connectivity index (χ4n) is 2.62. The molecule has 31 heavy (non-hydrogen) atoms. The number of amidine groups is 1. The Morgan fingerprint density at radius 3 is 2.68 bits per heavy atom. The second-order valence-corrected chi connectivity index (χ2v) is 9.52. The minimum Gasteiger partial charge on any atom is -0.382 e. The topological polar surface area (TPSA) is 167 Å². The lowest BCUT2D eigenvalue weighted by Gasteiger charge is -2.12. The SMILES string of the molecule is NC(=Nc1ccc(F)c(C(F)F)c1)c1nonc1SCCNC(=O)C1(S(N)(=O)=O)CC1. The number of nitrogens with one attached hydrogen (secondary N) is 1. The van der Waals surface area contributed by atoms with Crippen molar-refractivity contribution in [2.24, 2.45) is 15.9 Å². The van der Waals surface area contributed by atoms with Crippen LogP contribution in [0.2, 0.25) is 0 Å². The molecule has 1 fully saturated rings. The van der Waals surface area contributed by atoms with Crippen molar-refractivity contribution in [1.29, 1.82) is 0 Å². The molecular weight excluding hydrogens is 461 g/mol. The molecule has 168 valence electrons. The molecule has 1 aromatic carbocycles. The Labute approximate surface area is 178 Å². The first-order chi connectivity index (χ1) is 14.5. The minimum absolute atomic E-state index is 0.0156. The first-order valence-corrected chi connectivity index (χ1v) is 11.3. The molecule has 2 aromatic rings. The number of alkyl halides is 2. The number of rotatable bonds is 9. The van der Waals surface area contributed by atoms with Gasteiger partial charge in [0.2, 0.25) is 15.9 Å². The largest absolute Gasteiger partial charge is 0.382 e. The van der Waals surface area contributed by atoms with Gasteiger partial charge in [-0.25, -0.2) is 36.3 Å². The maximum atomic E-state index is 13.4. The van der Waals surface area contributed by atoms with Crippen molar-refractivity contribution in [2.45, 2.75) is 29.0 Å². The molecule has 0 radical (unpaired) electrons. The average molecular weight is 478 g/mol. The van der Waals surface area contributed by atoms with E-state index >= 15 is 0 Å². The third-order valence-corrected chi connectivity index (χ3v) is 7.09. The number of aliphatic imine (C=N–C) groups is 1. The van der Waals surface area contributed by atoms with E-state index in [0.29, 0.717) is 0 Å². The fraction of sp³-hybridized carbons (Fsp3) is 0.375. The Kier molecular flexibility index (Phi) is 6.56. The van der Waals surface area contributed by atoms with Gasteiger partial charge in [-0.2, -0.15) is 0 Å². The van der Waals surface area contributed by atoms with Gasteiger partial charge < -0.3 is 11.1 Å². The van der Waals surface area contributed by atoms with Gasteiger partial charge >= 0.3 is 0 Å². The van der Waals surface area contributed by atoms with Gasteiger partial charge in [-0.15, -0.1) is 0 Å². The molecular formula is C16H17F3N6O4S2. The zero-order chi connectivity index (χ0) is 22.8. The molecule has 1 saturated carbocycles. The number of carbonyl (C=O) groups excluding carboxylic acids is 1. The van der Waals surface area contributed by atoms with E-state index in [1.54, 1.807) is 0 Å². The maximum Gasteiger partial charge on any atom is 0.266 e.